The van der Waals surface area contributed by atoms with Gasteiger partial charge in [-0.3, -0.25) is 15.1 Å². The monoisotopic (exact) mass is 264 g/mol. The zero-order valence-electron chi connectivity index (χ0n) is 11.2. The van der Waals surface area contributed by atoms with E-state index in [2.05, 4.69) is 22.1 Å². The van der Waals surface area contributed by atoms with Gasteiger partial charge < -0.3 is 10.2 Å². The van der Waals surface area contributed by atoms with Crippen LogP contribution >= 0.6 is 0 Å². The van der Waals surface area contributed by atoms with E-state index >= 15 is 0 Å². The summed E-state index contributed by atoms with van der Waals surface area (Å²) in [5.41, 5.74) is 0.800. The predicted molar refractivity (Wildman–Crippen MR) is 74.4 cm³/mol. The smallest absolute Gasteiger partial charge is 0.310 e. The lowest BCUT2D eigenvalue weighted by molar-refractivity contribution is -0.384. The summed E-state index contributed by atoms with van der Waals surface area (Å²) in [5, 5.41) is 14.4. The average molecular weight is 264 g/mol. The largest absolute Gasteiger partial charge is 0.366 e. The Morgan fingerprint density at radius 1 is 1.53 bits per heavy atom. The Bertz CT molecular complexity index is 430. The van der Waals surface area contributed by atoms with Crippen molar-refractivity contribution in [3.63, 3.8) is 0 Å². The van der Waals surface area contributed by atoms with Gasteiger partial charge in [0.25, 0.3) is 0 Å². The quantitative estimate of drug-likeness (QED) is 0.648. The molecule has 1 saturated heterocycles. The first-order valence-electron chi connectivity index (χ1n) is 6.76. The van der Waals surface area contributed by atoms with Crippen LogP contribution in [0, 0.1) is 16.0 Å². The van der Waals surface area contributed by atoms with E-state index in [0.29, 0.717) is 11.6 Å². The number of pyridine rings is 1. The summed E-state index contributed by atoms with van der Waals surface area (Å²) in [5.74, 6) is 0.678. The van der Waals surface area contributed by atoms with Gasteiger partial charge in [0.05, 0.1) is 4.92 Å². The van der Waals surface area contributed by atoms with Gasteiger partial charge in [-0.2, -0.15) is 0 Å². The zero-order chi connectivity index (χ0) is 13.7. The number of rotatable bonds is 5. The van der Waals surface area contributed by atoms with E-state index in [1.54, 1.807) is 12.3 Å². The number of nitrogens with one attached hydrogen (secondary N) is 1. The Labute approximate surface area is 113 Å². The van der Waals surface area contributed by atoms with Crippen LogP contribution in [0.1, 0.15) is 19.8 Å². The van der Waals surface area contributed by atoms with Gasteiger partial charge in [0.2, 0.25) is 0 Å². The summed E-state index contributed by atoms with van der Waals surface area (Å²) in [6.45, 7) is 5.90. The standard InChI is InChI=1S/C13H20N4O2/c1-2-14-9-11-4-7-16(8-5-11)12-3-6-15-10-13(12)17(18)19/h3,6,10-11,14H,2,4-5,7-9H2,1H3. The minimum Gasteiger partial charge on any atom is -0.366 e. The van der Waals surface area contributed by atoms with Gasteiger partial charge in [0.15, 0.2) is 0 Å². The van der Waals surface area contributed by atoms with Crippen LogP contribution in [0.25, 0.3) is 0 Å². The zero-order valence-corrected chi connectivity index (χ0v) is 11.2. The Kier molecular flexibility index (Phi) is 4.68. The van der Waals surface area contributed by atoms with Crippen LogP contribution in [0.15, 0.2) is 18.5 Å². The molecule has 0 radical (unpaired) electrons. The molecule has 0 atom stereocenters. The molecule has 0 bridgehead atoms. The number of hydrogen-bond acceptors (Lipinski definition) is 5. The summed E-state index contributed by atoms with van der Waals surface area (Å²) < 4.78 is 0. The number of nitro groups is 1. The fraction of sp³-hybridized carbons (Fsp3) is 0.615. The van der Waals surface area contributed by atoms with Crippen LogP contribution in [-0.2, 0) is 0 Å². The third-order valence-corrected chi connectivity index (χ3v) is 3.61. The summed E-state index contributed by atoms with van der Waals surface area (Å²) in [7, 11) is 0. The second kappa shape index (κ2) is 6.47. The number of anilines is 1. The minimum atomic E-state index is -0.354. The van der Waals surface area contributed by atoms with Gasteiger partial charge in [-0.25, -0.2) is 0 Å². The lowest BCUT2D eigenvalue weighted by Gasteiger charge is -2.33. The summed E-state index contributed by atoms with van der Waals surface area (Å²) in [4.78, 5) is 16.6. The topological polar surface area (TPSA) is 71.3 Å². The molecule has 0 aromatic carbocycles. The summed E-state index contributed by atoms with van der Waals surface area (Å²) >= 11 is 0. The molecular formula is C13H20N4O2. The van der Waals surface area contributed by atoms with Crippen LogP contribution in [0.4, 0.5) is 11.4 Å². The van der Waals surface area contributed by atoms with Gasteiger partial charge in [0, 0.05) is 19.3 Å². The van der Waals surface area contributed by atoms with E-state index in [0.717, 1.165) is 39.0 Å². The SMILES string of the molecule is CCNCC1CCN(c2ccncc2[N+](=O)[O-])CC1. The van der Waals surface area contributed by atoms with Gasteiger partial charge >= 0.3 is 5.69 Å². The van der Waals surface area contributed by atoms with Crippen molar-refractivity contribution in [3.05, 3.63) is 28.6 Å². The molecule has 1 fully saturated rings. The molecule has 6 heteroatoms. The first kappa shape index (κ1) is 13.7. The van der Waals surface area contributed by atoms with Crippen molar-refractivity contribution in [2.24, 2.45) is 5.92 Å². The maximum Gasteiger partial charge on any atom is 0.310 e. The summed E-state index contributed by atoms with van der Waals surface area (Å²) in [6.07, 6.45) is 5.10. The maximum atomic E-state index is 11.0. The average Bonchev–Trinajstić information content (AvgIpc) is 2.45. The number of aromatic nitrogens is 1. The summed E-state index contributed by atoms with van der Waals surface area (Å²) in [6, 6.07) is 1.74. The van der Waals surface area contributed by atoms with Crippen LogP contribution in [0.3, 0.4) is 0 Å². The Morgan fingerprint density at radius 2 is 2.26 bits per heavy atom. The molecule has 0 spiro atoms. The molecule has 19 heavy (non-hydrogen) atoms. The fourth-order valence-electron chi connectivity index (χ4n) is 2.51. The molecule has 1 aliphatic rings. The Hall–Kier alpha value is -1.69. The molecule has 1 aromatic rings. The molecule has 0 saturated carbocycles. The molecule has 2 rings (SSSR count). The Morgan fingerprint density at radius 3 is 2.89 bits per heavy atom. The highest BCUT2D eigenvalue weighted by Gasteiger charge is 2.24. The third-order valence-electron chi connectivity index (χ3n) is 3.61. The highest BCUT2D eigenvalue weighted by atomic mass is 16.6. The van der Waals surface area contributed by atoms with Gasteiger partial charge in [-0.05, 0) is 37.9 Å². The highest BCUT2D eigenvalue weighted by molar-refractivity contribution is 5.61. The van der Waals surface area contributed by atoms with E-state index in [1.807, 2.05) is 0 Å². The molecule has 6 nitrogen and oxygen atoms in total. The van der Waals surface area contributed by atoms with Crippen LogP contribution in [-0.4, -0.2) is 36.1 Å². The Balaban J connectivity index is 2.00. The van der Waals surface area contributed by atoms with Crippen LogP contribution in [0.5, 0.6) is 0 Å². The van der Waals surface area contributed by atoms with Crippen molar-refractivity contribution in [1.29, 1.82) is 0 Å². The molecule has 104 valence electrons. The minimum absolute atomic E-state index is 0.104. The van der Waals surface area contributed by atoms with E-state index in [9.17, 15) is 10.1 Å². The molecule has 0 unspecified atom stereocenters. The highest BCUT2D eigenvalue weighted by Crippen LogP contribution is 2.30. The molecular weight excluding hydrogens is 244 g/mol. The van der Waals surface area contributed by atoms with Crippen molar-refractivity contribution >= 4 is 11.4 Å². The molecule has 1 aliphatic heterocycles. The second-order valence-corrected chi connectivity index (χ2v) is 4.86. The lowest BCUT2D eigenvalue weighted by Crippen LogP contribution is -2.37. The first-order valence-corrected chi connectivity index (χ1v) is 6.76. The molecule has 2 heterocycles. The van der Waals surface area contributed by atoms with E-state index in [-0.39, 0.29) is 10.6 Å². The normalized spacial score (nSPS) is 16.6. The molecule has 1 N–H and O–H groups in total. The van der Waals surface area contributed by atoms with Gasteiger partial charge in [0.1, 0.15) is 11.9 Å². The third kappa shape index (κ3) is 3.41. The number of nitrogens with zero attached hydrogens (tertiary/aromatic N) is 3. The second-order valence-electron chi connectivity index (χ2n) is 4.86. The predicted octanol–water partition coefficient (Wildman–Crippen LogP) is 1.82. The van der Waals surface area contributed by atoms with Crippen molar-refractivity contribution < 1.29 is 4.92 Å². The fourth-order valence-corrected chi connectivity index (χ4v) is 2.51. The molecule has 1 aromatic heterocycles. The van der Waals surface area contributed by atoms with Gasteiger partial charge in [-0.1, -0.05) is 6.92 Å². The van der Waals surface area contributed by atoms with Crippen LogP contribution in [0.2, 0.25) is 0 Å². The van der Waals surface area contributed by atoms with E-state index in [1.165, 1.54) is 6.20 Å². The van der Waals surface area contributed by atoms with Crippen LogP contribution < -0.4 is 10.2 Å². The van der Waals surface area contributed by atoms with E-state index in [4.69, 9.17) is 0 Å². The first-order chi connectivity index (χ1) is 9.22. The van der Waals surface area contributed by atoms with E-state index < -0.39 is 0 Å². The van der Waals surface area contributed by atoms with Gasteiger partial charge in [-0.15, -0.1) is 0 Å². The maximum absolute atomic E-state index is 11.0. The lowest BCUT2D eigenvalue weighted by atomic mass is 9.96. The number of hydrogen-bond donors (Lipinski definition) is 1. The van der Waals surface area contributed by atoms with Crippen molar-refractivity contribution in [1.82, 2.24) is 10.3 Å². The molecule has 0 aliphatic carbocycles. The number of piperidine rings is 1. The van der Waals surface area contributed by atoms with Crippen molar-refractivity contribution in [3.8, 4) is 0 Å². The molecule has 0 amide bonds. The van der Waals surface area contributed by atoms with Crippen molar-refractivity contribution in [2.75, 3.05) is 31.1 Å². The van der Waals surface area contributed by atoms with Crippen molar-refractivity contribution in [2.45, 2.75) is 19.8 Å².